The quantitative estimate of drug-likeness (QED) is 0.822. The Morgan fingerprint density at radius 3 is 2.60 bits per heavy atom. The summed E-state index contributed by atoms with van der Waals surface area (Å²) in [6.45, 7) is 1.08. The van der Waals surface area contributed by atoms with Crippen molar-refractivity contribution in [3.63, 3.8) is 0 Å². The Hall–Kier alpha value is -1.21. The van der Waals surface area contributed by atoms with Crippen molar-refractivity contribution in [1.29, 1.82) is 0 Å². The summed E-state index contributed by atoms with van der Waals surface area (Å²) in [7, 11) is -1.55. The molecule has 1 aromatic heterocycles. The first-order valence-electron chi connectivity index (χ1n) is 6.37. The molecule has 2 N–H and O–H groups in total. The average Bonchev–Trinajstić information content (AvgIpc) is 2.90. The van der Waals surface area contributed by atoms with Crippen LogP contribution < -0.4 is 10.0 Å². The van der Waals surface area contributed by atoms with Gasteiger partial charge in [0.25, 0.3) is 0 Å². The van der Waals surface area contributed by atoms with Crippen LogP contribution in [0.5, 0.6) is 0 Å². The number of hydrogen-bond acceptors (Lipinski definition) is 4. The number of sulfonamides is 1. The molecule has 0 aliphatic carbocycles. The molecule has 0 saturated carbocycles. The first kappa shape index (κ1) is 15.2. The summed E-state index contributed by atoms with van der Waals surface area (Å²) in [5, 5.41) is 4.87. The van der Waals surface area contributed by atoms with Crippen molar-refractivity contribution in [2.45, 2.75) is 17.2 Å². The smallest absolute Gasteiger partial charge is 0.250 e. The highest BCUT2D eigenvalue weighted by molar-refractivity contribution is 7.91. The molecule has 0 aliphatic heterocycles. The second kappa shape index (κ2) is 6.99. The number of benzene rings is 1. The van der Waals surface area contributed by atoms with E-state index in [1.807, 2.05) is 42.8 Å². The third-order valence-corrected chi connectivity index (χ3v) is 5.77. The molecule has 0 spiro atoms. The number of hydrogen-bond donors (Lipinski definition) is 2. The van der Waals surface area contributed by atoms with Crippen LogP contribution in [0.2, 0.25) is 0 Å². The van der Waals surface area contributed by atoms with Crippen LogP contribution in [0, 0.1) is 0 Å². The maximum Gasteiger partial charge on any atom is 0.250 e. The third-order valence-electron chi connectivity index (χ3n) is 2.82. The molecule has 0 radical (unpaired) electrons. The molecule has 108 valence electrons. The van der Waals surface area contributed by atoms with E-state index in [9.17, 15) is 8.42 Å². The van der Waals surface area contributed by atoms with E-state index in [2.05, 4.69) is 10.0 Å². The summed E-state index contributed by atoms with van der Waals surface area (Å²) in [6.07, 6.45) is 0.689. The predicted octanol–water partition coefficient (Wildman–Crippen LogP) is 1.99. The Labute approximate surface area is 123 Å². The largest absolute Gasteiger partial charge is 0.316 e. The molecular formula is C14H18N2O2S2. The Kier molecular flexibility index (Phi) is 5.31. The first-order valence-corrected chi connectivity index (χ1v) is 8.74. The van der Waals surface area contributed by atoms with Gasteiger partial charge in [0.15, 0.2) is 0 Å². The second-order valence-corrected chi connectivity index (χ2v) is 7.34. The van der Waals surface area contributed by atoms with Crippen LogP contribution in [-0.4, -0.2) is 22.0 Å². The molecule has 0 bridgehead atoms. The van der Waals surface area contributed by atoms with Crippen LogP contribution in [0.1, 0.15) is 11.1 Å². The highest BCUT2D eigenvalue weighted by Gasteiger charge is 2.15. The lowest BCUT2D eigenvalue weighted by Gasteiger charge is -2.04. The lowest BCUT2D eigenvalue weighted by atomic mass is 10.2. The molecule has 0 atom stereocenters. The maximum absolute atomic E-state index is 12.1. The summed E-state index contributed by atoms with van der Waals surface area (Å²) >= 11 is 1.25. The van der Waals surface area contributed by atoms with Gasteiger partial charge >= 0.3 is 0 Å². The molecule has 2 rings (SSSR count). The molecular weight excluding hydrogens is 292 g/mol. The number of rotatable bonds is 7. The molecule has 2 aromatic rings. The molecule has 0 saturated heterocycles. The first-order chi connectivity index (χ1) is 9.62. The molecule has 0 unspecified atom stereocenters. The standard InChI is InChI=1S/C14H18N2O2S2/c1-15-10-13-9-14(19-11-13)20(17,18)16-8-7-12-5-3-2-4-6-12/h2-6,9,11,15-16H,7-8,10H2,1H3. The zero-order valence-corrected chi connectivity index (χ0v) is 12.9. The average molecular weight is 310 g/mol. The lowest BCUT2D eigenvalue weighted by molar-refractivity contribution is 0.583. The van der Waals surface area contributed by atoms with E-state index in [0.717, 1.165) is 11.1 Å². The molecule has 20 heavy (non-hydrogen) atoms. The van der Waals surface area contributed by atoms with Gasteiger partial charge in [0.1, 0.15) is 4.21 Å². The lowest BCUT2D eigenvalue weighted by Crippen LogP contribution is -2.25. The van der Waals surface area contributed by atoms with Gasteiger partial charge in [-0.05, 0) is 36.0 Å². The van der Waals surface area contributed by atoms with Crippen LogP contribution >= 0.6 is 11.3 Å². The van der Waals surface area contributed by atoms with Gasteiger partial charge < -0.3 is 5.32 Å². The number of nitrogens with one attached hydrogen (secondary N) is 2. The molecule has 0 fully saturated rings. The van der Waals surface area contributed by atoms with Crippen LogP contribution in [0.4, 0.5) is 0 Å². The van der Waals surface area contributed by atoms with Crippen molar-refractivity contribution in [2.24, 2.45) is 0 Å². The van der Waals surface area contributed by atoms with E-state index in [1.165, 1.54) is 11.3 Å². The highest BCUT2D eigenvalue weighted by atomic mass is 32.2. The van der Waals surface area contributed by atoms with Crippen molar-refractivity contribution in [3.05, 3.63) is 52.9 Å². The zero-order chi connectivity index (χ0) is 14.4. The normalized spacial score (nSPS) is 11.7. The minimum atomic E-state index is -3.39. The Morgan fingerprint density at radius 1 is 1.15 bits per heavy atom. The predicted molar refractivity (Wildman–Crippen MR) is 82.4 cm³/mol. The highest BCUT2D eigenvalue weighted by Crippen LogP contribution is 2.19. The van der Waals surface area contributed by atoms with E-state index < -0.39 is 10.0 Å². The van der Waals surface area contributed by atoms with Gasteiger partial charge in [-0.3, -0.25) is 0 Å². The number of thiophene rings is 1. The van der Waals surface area contributed by atoms with Crippen molar-refractivity contribution in [2.75, 3.05) is 13.6 Å². The zero-order valence-electron chi connectivity index (χ0n) is 11.3. The van der Waals surface area contributed by atoms with Crippen molar-refractivity contribution in [1.82, 2.24) is 10.0 Å². The van der Waals surface area contributed by atoms with E-state index in [0.29, 0.717) is 23.7 Å². The van der Waals surface area contributed by atoms with Gasteiger partial charge in [-0.2, -0.15) is 0 Å². The van der Waals surface area contributed by atoms with Gasteiger partial charge in [0.2, 0.25) is 10.0 Å². The third kappa shape index (κ3) is 4.14. The van der Waals surface area contributed by atoms with Crippen LogP contribution in [0.3, 0.4) is 0 Å². The summed E-state index contributed by atoms with van der Waals surface area (Å²) in [4.78, 5) is 0. The van der Waals surface area contributed by atoms with E-state index in [1.54, 1.807) is 6.07 Å². The van der Waals surface area contributed by atoms with Crippen molar-refractivity contribution >= 4 is 21.4 Å². The van der Waals surface area contributed by atoms with Crippen LogP contribution in [0.15, 0.2) is 46.0 Å². The molecule has 1 heterocycles. The molecule has 6 heteroatoms. The van der Waals surface area contributed by atoms with E-state index in [4.69, 9.17) is 0 Å². The van der Waals surface area contributed by atoms with E-state index >= 15 is 0 Å². The molecule has 0 amide bonds. The summed E-state index contributed by atoms with van der Waals surface area (Å²) in [6, 6.07) is 11.5. The minimum absolute atomic E-state index is 0.371. The maximum atomic E-state index is 12.1. The van der Waals surface area contributed by atoms with Crippen LogP contribution in [-0.2, 0) is 23.0 Å². The summed E-state index contributed by atoms with van der Waals surface area (Å²) in [5.74, 6) is 0. The molecule has 0 aliphatic rings. The van der Waals surface area contributed by atoms with Gasteiger partial charge in [-0.25, -0.2) is 13.1 Å². The second-order valence-electron chi connectivity index (χ2n) is 4.44. The Balaban J connectivity index is 1.93. The van der Waals surface area contributed by atoms with Crippen LogP contribution in [0.25, 0.3) is 0 Å². The summed E-state index contributed by atoms with van der Waals surface area (Å²) < 4.78 is 27.3. The van der Waals surface area contributed by atoms with Gasteiger partial charge in [-0.1, -0.05) is 30.3 Å². The Bertz CT molecular complexity index is 636. The van der Waals surface area contributed by atoms with Gasteiger partial charge in [0.05, 0.1) is 0 Å². The SMILES string of the molecule is CNCc1csc(S(=O)(=O)NCCc2ccccc2)c1. The minimum Gasteiger partial charge on any atom is -0.316 e. The molecule has 4 nitrogen and oxygen atoms in total. The molecule has 1 aromatic carbocycles. The van der Waals surface area contributed by atoms with Gasteiger partial charge in [-0.15, -0.1) is 11.3 Å². The Morgan fingerprint density at radius 2 is 1.90 bits per heavy atom. The topological polar surface area (TPSA) is 58.2 Å². The summed E-state index contributed by atoms with van der Waals surface area (Å²) in [5.41, 5.74) is 2.11. The fourth-order valence-corrected chi connectivity index (χ4v) is 4.12. The van der Waals surface area contributed by atoms with E-state index in [-0.39, 0.29) is 0 Å². The monoisotopic (exact) mass is 310 g/mol. The fourth-order valence-electron chi connectivity index (χ4n) is 1.84. The van der Waals surface area contributed by atoms with Crippen molar-refractivity contribution in [3.8, 4) is 0 Å². The van der Waals surface area contributed by atoms with Gasteiger partial charge in [0, 0.05) is 13.1 Å². The van der Waals surface area contributed by atoms with Crippen molar-refractivity contribution < 1.29 is 8.42 Å². The fraction of sp³-hybridized carbons (Fsp3) is 0.286.